The molecule has 128 valence electrons. The molecule has 1 atom stereocenters. The molecule has 3 rings (SSSR count). The fourth-order valence-corrected chi connectivity index (χ4v) is 4.34. The van der Waals surface area contributed by atoms with E-state index in [0.717, 1.165) is 19.4 Å². The number of hydrogen-bond donors (Lipinski definition) is 3. The van der Waals surface area contributed by atoms with Crippen LogP contribution in [0.15, 0.2) is 40.7 Å². The first-order valence-electron chi connectivity index (χ1n) is 7.58. The average Bonchev–Trinajstić information content (AvgIpc) is 3.08. The maximum Gasteiger partial charge on any atom is 0.263 e. The molecule has 1 amide bonds. The number of carbonyl (C=O) groups excluding carboxylic acids is 1. The molecule has 0 bridgehead atoms. The first kappa shape index (κ1) is 16.9. The predicted molar refractivity (Wildman–Crippen MR) is 93.6 cm³/mol. The summed E-state index contributed by atoms with van der Waals surface area (Å²) in [6, 6.07) is 6.21. The van der Waals surface area contributed by atoms with Crippen molar-refractivity contribution >= 4 is 38.1 Å². The highest BCUT2D eigenvalue weighted by Crippen LogP contribution is 2.21. The van der Waals surface area contributed by atoms with Gasteiger partial charge in [-0.05, 0) is 37.6 Å². The third kappa shape index (κ3) is 4.11. The number of sulfonamides is 1. The predicted octanol–water partition coefficient (Wildman–Crippen LogP) is 1.88. The Bertz CT molecular complexity index is 800. The quantitative estimate of drug-likeness (QED) is 0.750. The Hall–Kier alpha value is -1.97. The second-order valence-electron chi connectivity index (χ2n) is 5.50. The zero-order chi connectivity index (χ0) is 17.0. The van der Waals surface area contributed by atoms with Crippen LogP contribution in [0.2, 0.25) is 0 Å². The lowest BCUT2D eigenvalue weighted by Gasteiger charge is -2.22. The highest BCUT2D eigenvalue weighted by atomic mass is 32.2. The lowest BCUT2D eigenvalue weighted by molar-refractivity contribution is -0.120. The van der Waals surface area contributed by atoms with Gasteiger partial charge in [-0.2, -0.15) is 0 Å². The Balaban J connectivity index is 1.72. The summed E-state index contributed by atoms with van der Waals surface area (Å²) in [6.45, 7) is 1.58. The number of nitrogens with zero attached hydrogens (tertiary/aromatic N) is 1. The molecule has 1 unspecified atom stereocenters. The van der Waals surface area contributed by atoms with Gasteiger partial charge < -0.3 is 10.6 Å². The molecule has 0 radical (unpaired) electrons. The van der Waals surface area contributed by atoms with Crippen LogP contribution in [0, 0.1) is 5.92 Å². The summed E-state index contributed by atoms with van der Waals surface area (Å²) in [7, 11) is -3.73. The first-order chi connectivity index (χ1) is 11.5. The van der Waals surface area contributed by atoms with E-state index in [1.165, 1.54) is 29.7 Å². The SMILES string of the molecule is O=C(Nc1cccc(S(=O)(=O)Nc2nccs2)c1)C1CCCNC1. The van der Waals surface area contributed by atoms with Crippen LogP contribution < -0.4 is 15.4 Å². The van der Waals surface area contributed by atoms with Crippen LogP contribution in [-0.4, -0.2) is 32.4 Å². The standard InChI is InChI=1S/C15H18N4O3S2/c20-14(11-3-2-6-16-10-11)18-12-4-1-5-13(9-12)24(21,22)19-15-17-7-8-23-15/h1,4-5,7-9,11,16H,2-3,6,10H2,(H,17,19)(H,18,20). The molecule has 24 heavy (non-hydrogen) atoms. The molecule has 0 aliphatic carbocycles. The maximum atomic E-state index is 12.4. The van der Waals surface area contributed by atoms with E-state index in [1.807, 2.05) is 0 Å². The normalized spacial score (nSPS) is 18.1. The maximum absolute atomic E-state index is 12.4. The molecule has 0 saturated carbocycles. The Labute approximate surface area is 144 Å². The van der Waals surface area contributed by atoms with E-state index in [9.17, 15) is 13.2 Å². The lowest BCUT2D eigenvalue weighted by atomic mass is 9.99. The van der Waals surface area contributed by atoms with E-state index >= 15 is 0 Å². The zero-order valence-corrected chi connectivity index (χ0v) is 14.5. The summed E-state index contributed by atoms with van der Waals surface area (Å²) in [5.41, 5.74) is 0.465. The minimum absolute atomic E-state index is 0.0808. The van der Waals surface area contributed by atoms with Crippen molar-refractivity contribution in [1.29, 1.82) is 0 Å². The van der Waals surface area contributed by atoms with Crippen LogP contribution in [0.25, 0.3) is 0 Å². The number of nitrogens with one attached hydrogen (secondary N) is 3. The van der Waals surface area contributed by atoms with Gasteiger partial charge in [0.1, 0.15) is 0 Å². The average molecular weight is 366 g/mol. The molecule has 1 aliphatic rings. The smallest absolute Gasteiger partial charge is 0.263 e. The van der Waals surface area contributed by atoms with Gasteiger partial charge in [-0.1, -0.05) is 6.07 Å². The lowest BCUT2D eigenvalue weighted by Crippen LogP contribution is -2.37. The van der Waals surface area contributed by atoms with E-state index in [1.54, 1.807) is 17.5 Å². The highest BCUT2D eigenvalue weighted by Gasteiger charge is 2.22. The van der Waals surface area contributed by atoms with Gasteiger partial charge in [-0.25, -0.2) is 13.4 Å². The largest absolute Gasteiger partial charge is 0.326 e. The van der Waals surface area contributed by atoms with Gasteiger partial charge in [0.25, 0.3) is 10.0 Å². The Morgan fingerprint density at radius 1 is 1.38 bits per heavy atom. The monoisotopic (exact) mass is 366 g/mol. The molecule has 1 saturated heterocycles. The second kappa shape index (κ2) is 7.29. The molecule has 9 heteroatoms. The highest BCUT2D eigenvalue weighted by molar-refractivity contribution is 7.93. The van der Waals surface area contributed by atoms with E-state index < -0.39 is 10.0 Å². The van der Waals surface area contributed by atoms with Crippen molar-refractivity contribution in [3.63, 3.8) is 0 Å². The van der Waals surface area contributed by atoms with E-state index in [4.69, 9.17) is 0 Å². The van der Waals surface area contributed by atoms with Gasteiger partial charge in [0.05, 0.1) is 10.8 Å². The van der Waals surface area contributed by atoms with Crippen molar-refractivity contribution in [3.8, 4) is 0 Å². The van der Waals surface area contributed by atoms with Gasteiger partial charge in [-0.3, -0.25) is 9.52 Å². The number of aromatic nitrogens is 1. The zero-order valence-electron chi connectivity index (χ0n) is 12.9. The van der Waals surface area contributed by atoms with Crippen molar-refractivity contribution in [2.75, 3.05) is 23.1 Å². The summed E-state index contributed by atoms with van der Waals surface area (Å²) in [5, 5.41) is 7.98. The number of piperidine rings is 1. The van der Waals surface area contributed by atoms with Crippen molar-refractivity contribution < 1.29 is 13.2 Å². The van der Waals surface area contributed by atoms with E-state index in [-0.39, 0.29) is 16.7 Å². The molecule has 2 aromatic rings. The molecule has 1 aromatic carbocycles. The Morgan fingerprint density at radius 2 is 2.25 bits per heavy atom. The van der Waals surface area contributed by atoms with Crippen LogP contribution in [0.3, 0.4) is 0 Å². The summed E-state index contributed by atoms with van der Waals surface area (Å²) in [4.78, 5) is 16.3. The Kier molecular flexibility index (Phi) is 5.12. The van der Waals surface area contributed by atoms with Crippen LogP contribution in [0.5, 0.6) is 0 Å². The van der Waals surface area contributed by atoms with Crippen LogP contribution in [0.1, 0.15) is 12.8 Å². The molecular formula is C15H18N4O3S2. The van der Waals surface area contributed by atoms with Crippen LogP contribution >= 0.6 is 11.3 Å². The molecule has 3 N–H and O–H groups in total. The third-order valence-electron chi connectivity index (χ3n) is 3.73. The first-order valence-corrected chi connectivity index (χ1v) is 9.95. The van der Waals surface area contributed by atoms with E-state index in [0.29, 0.717) is 17.4 Å². The second-order valence-corrected chi connectivity index (χ2v) is 8.08. The molecule has 7 nitrogen and oxygen atoms in total. The molecule has 1 fully saturated rings. The molecule has 0 spiro atoms. The van der Waals surface area contributed by atoms with Gasteiger partial charge in [-0.15, -0.1) is 11.3 Å². The summed E-state index contributed by atoms with van der Waals surface area (Å²) in [5.74, 6) is -0.183. The molecular weight excluding hydrogens is 348 g/mol. The number of amides is 1. The topological polar surface area (TPSA) is 100 Å². The fourth-order valence-electron chi connectivity index (χ4n) is 2.51. The third-order valence-corrected chi connectivity index (χ3v) is 5.89. The van der Waals surface area contributed by atoms with Gasteiger partial charge in [0.15, 0.2) is 5.13 Å². The van der Waals surface area contributed by atoms with Crippen molar-refractivity contribution in [2.24, 2.45) is 5.92 Å². The number of benzene rings is 1. The number of hydrogen-bond acceptors (Lipinski definition) is 6. The number of carbonyl (C=O) groups is 1. The van der Waals surface area contributed by atoms with Crippen molar-refractivity contribution in [2.45, 2.75) is 17.7 Å². The fraction of sp³-hybridized carbons (Fsp3) is 0.333. The van der Waals surface area contributed by atoms with Crippen molar-refractivity contribution in [3.05, 3.63) is 35.8 Å². The summed E-state index contributed by atoms with van der Waals surface area (Å²) >= 11 is 1.20. The van der Waals surface area contributed by atoms with Gasteiger partial charge in [0.2, 0.25) is 5.91 Å². The minimum atomic E-state index is -3.73. The number of anilines is 2. The molecule has 2 heterocycles. The number of thiazole rings is 1. The summed E-state index contributed by atoms with van der Waals surface area (Å²) < 4.78 is 27.2. The minimum Gasteiger partial charge on any atom is -0.326 e. The van der Waals surface area contributed by atoms with Gasteiger partial charge >= 0.3 is 0 Å². The Morgan fingerprint density at radius 3 is 2.96 bits per heavy atom. The molecule has 1 aromatic heterocycles. The molecule has 1 aliphatic heterocycles. The van der Waals surface area contributed by atoms with E-state index in [2.05, 4.69) is 20.3 Å². The van der Waals surface area contributed by atoms with Crippen LogP contribution in [-0.2, 0) is 14.8 Å². The summed E-state index contributed by atoms with van der Waals surface area (Å²) in [6.07, 6.45) is 3.32. The van der Waals surface area contributed by atoms with Gasteiger partial charge in [0, 0.05) is 23.8 Å². The van der Waals surface area contributed by atoms with Crippen molar-refractivity contribution in [1.82, 2.24) is 10.3 Å². The van der Waals surface area contributed by atoms with Crippen LogP contribution in [0.4, 0.5) is 10.8 Å². The number of rotatable bonds is 5.